The van der Waals surface area contributed by atoms with Gasteiger partial charge in [0, 0.05) is 13.0 Å². The fourth-order valence-electron chi connectivity index (χ4n) is 2.31. The van der Waals surface area contributed by atoms with Gasteiger partial charge < -0.3 is 14.4 Å². The summed E-state index contributed by atoms with van der Waals surface area (Å²) in [5.41, 5.74) is 1.17. The van der Waals surface area contributed by atoms with Crippen LogP contribution in [0.5, 0.6) is 0 Å². The molecule has 5 nitrogen and oxygen atoms in total. The van der Waals surface area contributed by atoms with Gasteiger partial charge in [0.2, 0.25) is 0 Å². The molecule has 0 saturated carbocycles. The molecule has 108 valence electrons. The summed E-state index contributed by atoms with van der Waals surface area (Å²) in [5.74, 6) is -0.253. The Morgan fingerprint density at radius 2 is 2.15 bits per heavy atom. The number of hydrogen-bond donors (Lipinski definition) is 0. The highest BCUT2D eigenvalue weighted by Gasteiger charge is 2.32. The molecule has 0 aromatic heterocycles. The highest BCUT2D eigenvalue weighted by atomic mass is 16.6. The van der Waals surface area contributed by atoms with Gasteiger partial charge in [0.05, 0.1) is 13.2 Å². The van der Waals surface area contributed by atoms with Crippen molar-refractivity contribution in [2.75, 3.05) is 20.3 Å². The monoisotopic (exact) mass is 277 g/mol. The van der Waals surface area contributed by atoms with Gasteiger partial charge in [-0.2, -0.15) is 0 Å². The number of esters is 1. The third-order valence-corrected chi connectivity index (χ3v) is 3.40. The lowest BCUT2D eigenvalue weighted by atomic mass is 10.1. The molecule has 1 fully saturated rings. The van der Waals surface area contributed by atoms with Crippen LogP contribution in [0.25, 0.3) is 0 Å². The lowest BCUT2D eigenvalue weighted by Gasteiger charge is -2.21. The Hall–Kier alpha value is -2.04. The van der Waals surface area contributed by atoms with Crippen molar-refractivity contribution >= 4 is 12.1 Å². The summed E-state index contributed by atoms with van der Waals surface area (Å²) in [6.07, 6.45) is 1.38. The number of rotatable bonds is 6. The van der Waals surface area contributed by atoms with Crippen LogP contribution in [0, 0.1) is 0 Å². The van der Waals surface area contributed by atoms with E-state index in [4.69, 9.17) is 4.74 Å². The van der Waals surface area contributed by atoms with Crippen molar-refractivity contribution in [2.45, 2.75) is 25.3 Å². The summed E-state index contributed by atoms with van der Waals surface area (Å²) >= 11 is 0. The molecule has 1 aromatic rings. The van der Waals surface area contributed by atoms with Crippen LogP contribution in [0.4, 0.5) is 4.79 Å². The maximum Gasteiger partial charge on any atom is 0.410 e. The molecule has 0 radical (unpaired) electrons. The first-order chi connectivity index (χ1) is 9.70. The highest BCUT2D eigenvalue weighted by molar-refractivity contribution is 5.71. The van der Waals surface area contributed by atoms with E-state index in [1.165, 1.54) is 12.7 Å². The Morgan fingerprint density at radius 1 is 1.40 bits per heavy atom. The first-order valence-corrected chi connectivity index (χ1v) is 6.75. The molecule has 5 heteroatoms. The predicted octanol–water partition coefficient (Wildman–Crippen LogP) is 2.00. The maximum atomic E-state index is 11.7. The number of benzene rings is 1. The van der Waals surface area contributed by atoms with Crippen molar-refractivity contribution in [3.8, 4) is 0 Å². The topological polar surface area (TPSA) is 55.8 Å². The molecule has 1 amide bonds. The van der Waals surface area contributed by atoms with Gasteiger partial charge in [-0.15, -0.1) is 0 Å². The second-order valence-electron chi connectivity index (χ2n) is 4.79. The van der Waals surface area contributed by atoms with Crippen molar-refractivity contribution in [1.82, 2.24) is 4.90 Å². The molecule has 0 aliphatic carbocycles. The maximum absolute atomic E-state index is 11.7. The zero-order valence-corrected chi connectivity index (χ0v) is 11.6. The molecule has 0 N–H and O–H groups in total. The molecule has 0 bridgehead atoms. The Labute approximate surface area is 118 Å². The third-order valence-electron chi connectivity index (χ3n) is 3.40. The average molecular weight is 277 g/mol. The molecule has 1 unspecified atom stereocenters. The second-order valence-corrected chi connectivity index (χ2v) is 4.79. The van der Waals surface area contributed by atoms with Gasteiger partial charge in [-0.3, -0.25) is 4.79 Å². The van der Waals surface area contributed by atoms with Crippen molar-refractivity contribution in [1.29, 1.82) is 0 Å². The Balaban J connectivity index is 1.88. The van der Waals surface area contributed by atoms with Crippen molar-refractivity contribution < 1.29 is 19.1 Å². The van der Waals surface area contributed by atoms with Crippen molar-refractivity contribution in [3.05, 3.63) is 35.9 Å². The molecule has 1 saturated heterocycles. The van der Waals surface area contributed by atoms with E-state index in [0.29, 0.717) is 26.0 Å². The number of carbonyl (C=O) groups is 2. The van der Waals surface area contributed by atoms with Crippen LogP contribution in [0.15, 0.2) is 30.3 Å². The van der Waals surface area contributed by atoms with E-state index in [2.05, 4.69) is 4.74 Å². The molecule has 2 rings (SSSR count). The third kappa shape index (κ3) is 3.73. The number of ether oxygens (including phenoxy) is 2. The molecule has 20 heavy (non-hydrogen) atoms. The summed E-state index contributed by atoms with van der Waals surface area (Å²) in [5, 5.41) is 0. The number of carbonyl (C=O) groups excluding carboxylic acids is 2. The number of amides is 1. The molecule has 0 spiro atoms. The summed E-state index contributed by atoms with van der Waals surface area (Å²) < 4.78 is 9.70. The lowest BCUT2D eigenvalue weighted by Crippen LogP contribution is -2.36. The van der Waals surface area contributed by atoms with Crippen molar-refractivity contribution in [2.24, 2.45) is 0 Å². The number of hydrogen-bond acceptors (Lipinski definition) is 4. The summed E-state index contributed by atoms with van der Waals surface area (Å²) in [4.78, 5) is 24.5. The Morgan fingerprint density at radius 3 is 2.85 bits per heavy atom. The first kappa shape index (κ1) is 14.4. The first-order valence-electron chi connectivity index (χ1n) is 6.75. The minimum absolute atomic E-state index is 0.0440. The van der Waals surface area contributed by atoms with Gasteiger partial charge >= 0.3 is 12.1 Å². The fraction of sp³-hybridized carbons (Fsp3) is 0.467. The van der Waals surface area contributed by atoms with E-state index in [9.17, 15) is 9.59 Å². The quantitative estimate of drug-likeness (QED) is 0.746. The lowest BCUT2D eigenvalue weighted by molar-refractivity contribution is -0.140. The van der Waals surface area contributed by atoms with E-state index in [1.54, 1.807) is 4.90 Å². The summed E-state index contributed by atoms with van der Waals surface area (Å²) in [7, 11) is 1.37. The normalized spacial score (nSPS) is 17.9. The smallest absolute Gasteiger partial charge is 0.410 e. The van der Waals surface area contributed by atoms with Crippen LogP contribution < -0.4 is 0 Å². The van der Waals surface area contributed by atoms with Crippen LogP contribution >= 0.6 is 0 Å². The average Bonchev–Trinajstić information content (AvgIpc) is 2.81. The molecule has 1 aromatic carbocycles. The van der Waals surface area contributed by atoms with Crippen LogP contribution in [0.1, 0.15) is 18.4 Å². The number of cyclic esters (lactones) is 1. The standard InChI is InChI=1S/C15H19NO4/c1-19-14(17)8-5-9-16-13(11-20-15(16)18)10-12-6-3-2-4-7-12/h2-4,6-7,13H,5,8-11H2,1H3. The molecule has 1 heterocycles. The van der Waals surface area contributed by atoms with E-state index >= 15 is 0 Å². The van der Waals surface area contributed by atoms with E-state index in [-0.39, 0.29) is 18.1 Å². The predicted molar refractivity (Wildman–Crippen MR) is 73.2 cm³/mol. The Kier molecular flexibility index (Phi) is 4.98. The molecule has 1 aliphatic rings. The zero-order valence-electron chi connectivity index (χ0n) is 11.6. The Bertz CT molecular complexity index is 460. The largest absolute Gasteiger partial charge is 0.469 e. The van der Waals surface area contributed by atoms with Crippen molar-refractivity contribution in [3.63, 3.8) is 0 Å². The fourth-order valence-corrected chi connectivity index (χ4v) is 2.31. The minimum atomic E-state index is -0.296. The van der Waals surface area contributed by atoms with Crippen LogP contribution in [0.2, 0.25) is 0 Å². The van der Waals surface area contributed by atoms with Gasteiger partial charge in [0.1, 0.15) is 6.61 Å². The van der Waals surface area contributed by atoms with E-state index < -0.39 is 0 Å². The van der Waals surface area contributed by atoms with Gasteiger partial charge in [-0.25, -0.2) is 4.79 Å². The SMILES string of the molecule is COC(=O)CCCN1C(=O)OCC1Cc1ccccc1. The van der Waals surface area contributed by atoms with Gasteiger partial charge in [0.25, 0.3) is 0 Å². The molecular formula is C15H19NO4. The summed E-state index contributed by atoms with van der Waals surface area (Å²) in [6, 6.07) is 10.0. The summed E-state index contributed by atoms with van der Waals surface area (Å²) in [6.45, 7) is 0.928. The zero-order chi connectivity index (χ0) is 14.4. The van der Waals surface area contributed by atoms with Gasteiger partial charge in [-0.1, -0.05) is 30.3 Å². The highest BCUT2D eigenvalue weighted by Crippen LogP contribution is 2.17. The second kappa shape index (κ2) is 6.93. The molecule has 1 atom stereocenters. The van der Waals surface area contributed by atoms with E-state index in [0.717, 1.165) is 6.42 Å². The van der Waals surface area contributed by atoms with Crippen LogP contribution in [-0.2, 0) is 20.7 Å². The molecule has 1 aliphatic heterocycles. The molecular weight excluding hydrogens is 258 g/mol. The van der Waals surface area contributed by atoms with Crippen LogP contribution in [0.3, 0.4) is 0 Å². The van der Waals surface area contributed by atoms with Gasteiger partial charge in [-0.05, 0) is 18.4 Å². The minimum Gasteiger partial charge on any atom is -0.469 e. The number of methoxy groups -OCH3 is 1. The number of nitrogens with zero attached hydrogens (tertiary/aromatic N) is 1. The van der Waals surface area contributed by atoms with E-state index in [1.807, 2.05) is 30.3 Å². The van der Waals surface area contributed by atoms with Gasteiger partial charge in [0.15, 0.2) is 0 Å². The van der Waals surface area contributed by atoms with Crippen LogP contribution in [-0.4, -0.2) is 43.3 Å².